The predicted molar refractivity (Wildman–Crippen MR) is 146 cm³/mol. The molecule has 2 fully saturated rings. The highest BCUT2D eigenvalue weighted by Gasteiger charge is 2.57. The molecule has 3 aliphatic rings. The standard InChI is InChI=1S/C30H32N4O5/c1-31-27(36)30(28(37)32(2)29(31)38,14-23-22-8-5-4-7-20(22)11-12-25(23)39-3)18-33-15-19-13-21(17-33)24-9-6-10-26(35)34(24)16-19/h4-12,19,21H,13-18H2,1-3H3/t19-,21?/m0/s1. The summed E-state index contributed by atoms with van der Waals surface area (Å²) in [5.74, 6) is -0.0524. The normalized spacial score (nSPS) is 22.8. The monoisotopic (exact) mass is 528 g/mol. The van der Waals surface area contributed by atoms with E-state index in [-0.39, 0.29) is 30.4 Å². The third-order valence-corrected chi connectivity index (χ3v) is 8.75. The second kappa shape index (κ2) is 9.34. The van der Waals surface area contributed by atoms with Crippen LogP contribution < -0.4 is 10.3 Å². The van der Waals surface area contributed by atoms with Crippen molar-refractivity contribution in [2.24, 2.45) is 11.3 Å². The van der Waals surface area contributed by atoms with Gasteiger partial charge in [-0.2, -0.15) is 0 Å². The summed E-state index contributed by atoms with van der Waals surface area (Å²) in [5, 5.41) is 1.88. The van der Waals surface area contributed by atoms with Gasteiger partial charge in [0.15, 0.2) is 0 Å². The summed E-state index contributed by atoms with van der Waals surface area (Å²) in [7, 11) is 4.46. The average Bonchev–Trinajstić information content (AvgIpc) is 2.94. The van der Waals surface area contributed by atoms with E-state index in [9.17, 15) is 19.2 Å². The van der Waals surface area contributed by atoms with Crippen LogP contribution in [0.25, 0.3) is 10.8 Å². The van der Waals surface area contributed by atoms with E-state index in [0.29, 0.717) is 25.4 Å². The fourth-order valence-corrected chi connectivity index (χ4v) is 6.97. The molecule has 2 atom stereocenters. The lowest BCUT2D eigenvalue weighted by Gasteiger charge is -2.48. The summed E-state index contributed by atoms with van der Waals surface area (Å²) in [6.07, 6.45) is 1.06. The molecule has 1 unspecified atom stereocenters. The van der Waals surface area contributed by atoms with E-state index in [4.69, 9.17) is 4.74 Å². The highest BCUT2D eigenvalue weighted by molar-refractivity contribution is 6.19. The Hall–Kier alpha value is -3.98. The molecule has 2 aromatic carbocycles. The number of likely N-dealkylation sites (tertiary alicyclic amines) is 1. The Bertz CT molecular complexity index is 1540. The van der Waals surface area contributed by atoms with Gasteiger partial charge in [-0.05, 0) is 35.2 Å². The molecule has 0 spiro atoms. The van der Waals surface area contributed by atoms with E-state index in [0.717, 1.165) is 38.3 Å². The minimum absolute atomic E-state index is 0.00886. The number of carbonyl (C=O) groups excluding carboxylic acids is 3. The Labute approximate surface area is 226 Å². The Morgan fingerprint density at radius 2 is 1.62 bits per heavy atom. The van der Waals surface area contributed by atoms with Crippen LogP contribution in [0.4, 0.5) is 4.79 Å². The lowest BCUT2D eigenvalue weighted by atomic mass is 9.74. The number of rotatable bonds is 5. The number of carbonyl (C=O) groups is 3. The molecule has 4 amide bonds. The predicted octanol–water partition coefficient (Wildman–Crippen LogP) is 2.71. The van der Waals surface area contributed by atoms with Gasteiger partial charge in [-0.25, -0.2) is 4.79 Å². The van der Waals surface area contributed by atoms with Gasteiger partial charge in [0.1, 0.15) is 11.2 Å². The van der Waals surface area contributed by atoms with Gasteiger partial charge in [0.25, 0.3) is 5.56 Å². The maximum Gasteiger partial charge on any atom is 0.332 e. The van der Waals surface area contributed by atoms with Crippen molar-refractivity contribution in [3.8, 4) is 5.75 Å². The van der Waals surface area contributed by atoms with Gasteiger partial charge in [-0.1, -0.05) is 36.4 Å². The summed E-state index contributed by atoms with van der Waals surface area (Å²) >= 11 is 0. The Morgan fingerprint density at radius 3 is 2.36 bits per heavy atom. The summed E-state index contributed by atoms with van der Waals surface area (Å²) in [5.41, 5.74) is 0.257. The van der Waals surface area contributed by atoms with Crippen molar-refractivity contribution in [1.82, 2.24) is 19.3 Å². The number of aromatic nitrogens is 1. The Balaban J connectivity index is 1.44. The molecular weight excluding hydrogens is 496 g/mol. The maximum absolute atomic E-state index is 14.1. The number of pyridine rings is 1. The molecule has 0 aliphatic carbocycles. The molecule has 4 heterocycles. The van der Waals surface area contributed by atoms with Gasteiger partial charge in [-0.3, -0.25) is 24.2 Å². The van der Waals surface area contributed by atoms with Crippen LogP contribution in [-0.2, 0) is 22.6 Å². The minimum Gasteiger partial charge on any atom is -0.496 e. The molecule has 39 heavy (non-hydrogen) atoms. The number of barbiturate groups is 1. The molecule has 2 saturated heterocycles. The van der Waals surface area contributed by atoms with Gasteiger partial charge in [0.2, 0.25) is 11.8 Å². The highest BCUT2D eigenvalue weighted by atomic mass is 16.5. The first-order chi connectivity index (χ1) is 18.7. The molecule has 0 radical (unpaired) electrons. The van der Waals surface area contributed by atoms with Gasteiger partial charge in [0.05, 0.1) is 7.11 Å². The number of imide groups is 2. The van der Waals surface area contributed by atoms with E-state index in [2.05, 4.69) is 4.90 Å². The van der Waals surface area contributed by atoms with E-state index >= 15 is 0 Å². The van der Waals surface area contributed by atoms with Crippen molar-refractivity contribution in [3.63, 3.8) is 0 Å². The molecule has 9 heteroatoms. The number of amides is 4. The zero-order valence-electron chi connectivity index (χ0n) is 22.4. The second-order valence-corrected chi connectivity index (χ2v) is 11.1. The van der Waals surface area contributed by atoms with Crippen LogP contribution in [0.15, 0.2) is 59.4 Å². The summed E-state index contributed by atoms with van der Waals surface area (Å²) in [4.78, 5) is 57.7. The molecule has 3 aromatic rings. The molecule has 202 valence electrons. The third-order valence-electron chi connectivity index (χ3n) is 8.75. The van der Waals surface area contributed by atoms with Crippen molar-refractivity contribution >= 4 is 28.6 Å². The van der Waals surface area contributed by atoms with Crippen molar-refractivity contribution in [2.45, 2.75) is 25.3 Å². The number of nitrogens with zero attached hydrogens (tertiary/aromatic N) is 4. The van der Waals surface area contributed by atoms with Crippen molar-refractivity contribution in [1.29, 1.82) is 0 Å². The molecule has 0 N–H and O–H groups in total. The lowest BCUT2D eigenvalue weighted by molar-refractivity contribution is -0.159. The first-order valence-electron chi connectivity index (χ1n) is 13.3. The molecule has 1 aromatic heterocycles. The van der Waals surface area contributed by atoms with Crippen LogP contribution in [0.3, 0.4) is 0 Å². The zero-order chi connectivity index (χ0) is 27.5. The van der Waals surface area contributed by atoms with Crippen LogP contribution >= 0.6 is 0 Å². The van der Waals surface area contributed by atoms with Gasteiger partial charge in [-0.15, -0.1) is 0 Å². The van der Waals surface area contributed by atoms with E-state index in [1.165, 1.54) is 14.1 Å². The second-order valence-electron chi connectivity index (χ2n) is 11.1. The molecule has 2 bridgehead atoms. The topological polar surface area (TPSA) is 92.2 Å². The minimum atomic E-state index is -1.52. The fraction of sp³-hybridized carbons (Fsp3) is 0.400. The van der Waals surface area contributed by atoms with Crippen LogP contribution in [-0.4, -0.2) is 78.0 Å². The van der Waals surface area contributed by atoms with Crippen LogP contribution in [0.2, 0.25) is 0 Å². The number of urea groups is 1. The Kier molecular flexibility index (Phi) is 6.06. The van der Waals surface area contributed by atoms with E-state index in [1.54, 1.807) is 19.2 Å². The average molecular weight is 529 g/mol. The van der Waals surface area contributed by atoms with Crippen molar-refractivity contribution < 1.29 is 19.1 Å². The number of hydrogen-bond acceptors (Lipinski definition) is 6. The largest absolute Gasteiger partial charge is 0.496 e. The molecule has 6 rings (SSSR count). The smallest absolute Gasteiger partial charge is 0.332 e. The highest BCUT2D eigenvalue weighted by Crippen LogP contribution is 2.41. The number of benzene rings is 2. The van der Waals surface area contributed by atoms with Crippen molar-refractivity contribution in [3.05, 3.63) is 76.2 Å². The summed E-state index contributed by atoms with van der Waals surface area (Å²) in [6, 6.07) is 16.4. The molecule has 3 aliphatic heterocycles. The molecule has 9 nitrogen and oxygen atoms in total. The number of ether oxygens (including phenoxy) is 1. The number of methoxy groups -OCH3 is 1. The van der Waals surface area contributed by atoms with Gasteiger partial charge < -0.3 is 14.2 Å². The quantitative estimate of drug-likeness (QED) is 0.473. The number of piperidine rings is 1. The van der Waals surface area contributed by atoms with E-state index in [1.807, 2.05) is 47.0 Å². The SMILES string of the molecule is COc1ccc2ccccc2c1CC1(CN2CC3C[C@@H](C2)Cn2c3cccc2=O)C(=O)N(C)C(=O)N(C)C1=O. The fourth-order valence-electron chi connectivity index (χ4n) is 6.97. The maximum atomic E-state index is 14.1. The first kappa shape index (κ1) is 25.3. The zero-order valence-corrected chi connectivity index (χ0v) is 22.4. The third kappa shape index (κ3) is 3.95. The van der Waals surface area contributed by atoms with Crippen molar-refractivity contribution in [2.75, 3.05) is 40.8 Å². The lowest BCUT2D eigenvalue weighted by Crippen LogP contribution is -2.67. The Morgan fingerprint density at radius 1 is 0.872 bits per heavy atom. The number of fused-ring (bicyclic) bond motifs is 5. The molecular formula is C30H32N4O5. The van der Waals surface area contributed by atoms with Gasteiger partial charge in [0, 0.05) is 69.9 Å². The summed E-state index contributed by atoms with van der Waals surface area (Å²) in [6.45, 7) is 2.07. The van der Waals surface area contributed by atoms with E-state index < -0.39 is 23.3 Å². The van der Waals surface area contributed by atoms with Gasteiger partial charge >= 0.3 is 6.03 Å². The number of hydrogen-bond donors (Lipinski definition) is 0. The van der Waals surface area contributed by atoms with Crippen LogP contribution in [0, 0.1) is 11.3 Å². The first-order valence-corrected chi connectivity index (χ1v) is 13.3. The van der Waals surface area contributed by atoms with Crippen LogP contribution in [0.1, 0.15) is 23.6 Å². The molecule has 0 saturated carbocycles. The summed E-state index contributed by atoms with van der Waals surface area (Å²) < 4.78 is 7.59. The van der Waals surface area contributed by atoms with Crippen LogP contribution in [0.5, 0.6) is 5.75 Å².